The number of aryl methyl sites for hydroxylation is 1. The molecule has 7 heteroatoms. The number of aromatic amines is 1. The van der Waals surface area contributed by atoms with E-state index in [1.54, 1.807) is 18.2 Å². The summed E-state index contributed by atoms with van der Waals surface area (Å²) in [6.45, 7) is 3.82. The zero-order valence-corrected chi connectivity index (χ0v) is 17.3. The van der Waals surface area contributed by atoms with Gasteiger partial charge in [0.2, 0.25) is 5.91 Å². The predicted molar refractivity (Wildman–Crippen MR) is 113 cm³/mol. The molecule has 27 heavy (non-hydrogen) atoms. The van der Waals surface area contributed by atoms with Gasteiger partial charge in [-0.1, -0.05) is 71.4 Å². The second-order valence-electron chi connectivity index (χ2n) is 6.13. The van der Waals surface area contributed by atoms with E-state index >= 15 is 0 Å². The van der Waals surface area contributed by atoms with Gasteiger partial charge in [0.05, 0.1) is 26.7 Å². The monoisotopic (exact) mass is 419 g/mol. The predicted octanol–water partition coefficient (Wildman–Crippen LogP) is 5.74. The number of halogens is 2. The van der Waals surface area contributed by atoms with Crippen LogP contribution in [-0.2, 0) is 11.2 Å². The van der Waals surface area contributed by atoms with E-state index in [1.807, 2.05) is 32.0 Å². The summed E-state index contributed by atoms with van der Waals surface area (Å²) >= 11 is 13.5. The lowest BCUT2D eigenvalue weighted by Crippen LogP contribution is -2.22. The zero-order chi connectivity index (χ0) is 19.4. The van der Waals surface area contributed by atoms with E-state index in [4.69, 9.17) is 23.2 Å². The van der Waals surface area contributed by atoms with E-state index in [9.17, 15) is 4.79 Å². The molecule has 0 aliphatic rings. The Kier molecular flexibility index (Phi) is 6.47. The molecule has 0 unspecified atom stereocenters. The molecule has 1 atom stereocenters. The molecular weight excluding hydrogens is 401 g/mol. The lowest BCUT2D eigenvalue weighted by atomic mass is 10.1. The molecule has 0 saturated carbocycles. The number of hydrogen-bond donors (Lipinski definition) is 2. The van der Waals surface area contributed by atoms with Gasteiger partial charge in [0, 0.05) is 12.1 Å². The molecule has 0 bridgehead atoms. The number of aromatic nitrogens is 2. The summed E-state index contributed by atoms with van der Waals surface area (Å²) < 4.78 is 0. The minimum atomic E-state index is -0.352. The highest BCUT2D eigenvalue weighted by Gasteiger charge is 2.19. The van der Waals surface area contributed by atoms with Gasteiger partial charge in [0.15, 0.2) is 5.16 Å². The lowest BCUT2D eigenvalue weighted by molar-refractivity contribution is -0.115. The van der Waals surface area contributed by atoms with Crippen LogP contribution in [0.3, 0.4) is 0 Å². The number of H-pyrrole nitrogens is 1. The lowest BCUT2D eigenvalue weighted by Gasteiger charge is -2.12. The van der Waals surface area contributed by atoms with Crippen LogP contribution in [0, 0.1) is 6.92 Å². The zero-order valence-electron chi connectivity index (χ0n) is 14.9. The van der Waals surface area contributed by atoms with Crippen LogP contribution in [0.15, 0.2) is 53.7 Å². The number of benzene rings is 2. The van der Waals surface area contributed by atoms with Gasteiger partial charge in [-0.25, -0.2) is 4.98 Å². The highest BCUT2D eigenvalue weighted by atomic mass is 35.5. The van der Waals surface area contributed by atoms with Crippen molar-refractivity contribution in [2.24, 2.45) is 0 Å². The topological polar surface area (TPSA) is 57.8 Å². The molecule has 0 radical (unpaired) electrons. The molecule has 0 aliphatic heterocycles. The summed E-state index contributed by atoms with van der Waals surface area (Å²) in [6, 6.07) is 15.3. The maximum Gasteiger partial charge on any atom is 0.237 e. The number of amides is 1. The molecular formula is C20H19Cl2N3OS. The normalized spacial score (nSPS) is 12.0. The molecule has 2 aromatic carbocycles. The molecule has 3 aromatic rings. The van der Waals surface area contributed by atoms with Crippen molar-refractivity contribution < 1.29 is 4.79 Å². The fourth-order valence-corrected chi connectivity index (χ4v) is 3.76. The third kappa shape index (κ3) is 5.06. The molecule has 1 heterocycles. The van der Waals surface area contributed by atoms with Crippen LogP contribution in [-0.4, -0.2) is 21.1 Å². The highest BCUT2D eigenvalue weighted by molar-refractivity contribution is 8.00. The number of carbonyl (C=O) groups is 1. The Morgan fingerprint density at radius 1 is 1.19 bits per heavy atom. The first-order chi connectivity index (χ1) is 12.9. The molecule has 0 fully saturated rings. The van der Waals surface area contributed by atoms with Crippen molar-refractivity contribution in [3.05, 3.63) is 75.5 Å². The van der Waals surface area contributed by atoms with Crippen LogP contribution in [0.4, 0.5) is 5.69 Å². The molecule has 0 aliphatic carbocycles. The smallest absolute Gasteiger partial charge is 0.237 e. The van der Waals surface area contributed by atoms with E-state index in [0.717, 1.165) is 23.0 Å². The van der Waals surface area contributed by atoms with E-state index < -0.39 is 0 Å². The average Bonchev–Trinajstić information content (AvgIpc) is 2.98. The minimum absolute atomic E-state index is 0.164. The van der Waals surface area contributed by atoms with Crippen molar-refractivity contribution in [3.8, 4) is 0 Å². The average molecular weight is 420 g/mol. The number of nitrogens with zero attached hydrogens (tertiary/aromatic N) is 1. The Bertz CT molecular complexity index is 944. The van der Waals surface area contributed by atoms with E-state index in [-0.39, 0.29) is 11.2 Å². The van der Waals surface area contributed by atoms with Crippen molar-refractivity contribution >= 4 is 46.6 Å². The summed E-state index contributed by atoms with van der Waals surface area (Å²) in [5.41, 5.74) is 3.69. The van der Waals surface area contributed by atoms with Gasteiger partial charge < -0.3 is 10.3 Å². The van der Waals surface area contributed by atoms with Gasteiger partial charge in [-0.05, 0) is 31.5 Å². The van der Waals surface area contributed by atoms with Crippen molar-refractivity contribution in [3.63, 3.8) is 0 Å². The second kappa shape index (κ2) is 8.83. The summed E-state index contributed by atoms with van der Waals surface area (Å²) in [7, 11) is 0. The summed E-state index contributed by atoms with van der Waals surface area (Å²) in [5.74, 6) is -0.164. The largest absolute Gasteiger partial charge is 0.337 e. The first-order valence-electron chi connectivity index (χ1n) is 8.45. The third-order valence-corrected chi connectivity index (χ3v) is 5.85. The van der Waals surface area contributed by atoms with Crippen LogP contribution in [0.25, 0.3) is 0 Å². The summed E-state index contributed by atoms with van der Waals surface area (Å²) in [4.78, 5) is 20.4. The fourth-order valence-electron chi connectivity index (χ4n) is 2.54. The molecule has 140 valence electrons. The van der Waals surface area contributed by atoms with Gasteiger partial charge in [0.25, 0.3) is 0 Å². The Balaban J connectivity index is 1.65. The third-order valence-electron chi connectivity index (χ3n) is 4.05. The van der Waals surface area contributed by atoms with E-state index in [1.165, 1.54) is 17.3 Å². The first kappa shape index (κ1) is 19.8. The van der Waals surface area contributed by atoms with Crippen LogP contribution in [0.1, 0.15) is 23.9 Å². The Morgan fingerprint density at radius 2 is 1.93 bits per heavy atom. The summed E-state index contributed by atoms with van der Waals surface area (Å²) in [6.07, 6.45) is 0.752. The van der Waals surface area contributed by atoms with Crippen LogP contribution in [0.2, 0.25) is 10.0 Å². The molecule has 4 nitrogen and oxygen atoms in total. The number of anilines is 1. The van der Waals surface area contributed by atoms with Crippen molar-refractivity contribution in [1.29, 1.82) is 0 Å². The minimum Gasteiger partial charge on any atom is -0.337 e. The molecule has 1 aromatic heterocycles. The van der Waals surface area contributed by atoms with Crippen LogP contribution in [0.5, 0.6) is 0 Å². The molecule has 1 amide bonds. The van der Waals surface area contributed by atoms with Crippen LogP contribution >= 0.6 is 35.0 Å². The standard InChI is InChI=1S/C20H19Cl2N3OS/c1-12-17(11-14-7-4-3-5-8-14)25-20(23-12)27-13(2)19(26)24-16-10-6-9-15(21)18(16)22/h3-10,13H,11H2,1-2H3,(H,23,25)(H,24,26)/t13-/m0/s1. The van der Waals surface area contributed by atoms with Gasteiger partial charge in [-0.2, -0.15) is 0 Å². The van der Waals surface area contributed by atoms with Gasteiger partial charge in [-0.15, -0.1) is 0 Å². The fraction of sp³-hybridized carbons (Fsp3) is 0.200. The number of carbonyl (C=O) groups excluding carboxylic acids is 1. The highest BCUT2D eigenvalue weighted by Crippen LogP contribution is 2.30. The number of hydrogen-bond acceptors (Lipinski definition) is 3. The van der Waals surface area contributed by atoms with Crippen molar-refractivity contribution in [1.82, 2.24) is 9.97 Å². The van der Waals surface area contributed by atoms with Crippen molar-refractivity contribution in [2.75, 3.05) is 5.32 Å². The molecule has 3 rings (SSSR count). The number of imidazole rings is 1. The molecule has 0 saturated heterocycles. The van der Waals surface area contributed by atoms with Gasteiger partial charge >= 0.3 is 0 Å². The molecule has 2 N–H and O–H groups in total. The maximum absolute atomic E-state index is 12.5. The number of thioether (sulfide) groups is 1. The SMILES string of the molecule is Cc1[nH]c(S[C@@H](C)C(=O)Nc2cccc(Cl)c2Cl)nc1Cc1ccccc1. The first-order valence-corrected chi connectivity index (χ1v) is 10.1. The Labute approximate surface area is 172 Å². The van der Waals surface area contributed by atoms with Gasteiger partial charge in [0.1, 0.15) is 0 Å². The number of rotatable bonds is 6. The second-order valence-corrected chi connectivity index (χ2v) is 8.24. The van der Waals surface area contributed by atoms with Gasteiger partial charge in [-0.3, -0.25) is 4.79 Å². The molecule has 0 spiro atoms. The maximum atomic E-state index is 12.5. The Morgan fingerprint density at radius 3 is 2.67 bits per heavy atom. The van der Waals surface area contributed by atoms with E-state index in [0.29, 0.717) is 15.7 Å². The van der Waals surface area contributed by atoms with Crippen LogP contribution < -0.4 is 5.32 Å². The summed E-state index contributed by atoms with van der Waals surface area (Å²) in [5, 5.41) is 3.92. The van der Waals surface area contributed by atoms with E-state index in [2.05, 4.69) is 27.4 Å². The number of nitrogens with one attached hydrogen (secondary N) is 2. The quantitative estimate of drug-likeness (QED) is 0.501. The Hall–Kier alpha value is -1.95. The van der Waals surface area contributed by atoms with Crippen molar-refractivity contribution in [2.45, 2.75) is 30.7 Å².